The molecule has 2 saturated heterocycles. The molecule has 1 aromatic heterocycles. The van der Waals surface area contributed by atoms with Crippen molar-refractivity contribution in [2.75, 3.05) is 39.4 Å². The Morgan fingerprint density at radius 3 is 2.52 bits per heavy atom. The summed E-state index contributed by atoms with van der Waals surface area (Å²) in [6, 6.07) is 15.0. The van der Waals surface area contributed by atoms with Crippen LogP contribution in [0.1, 0.15) is 42.2 Å². The van der Waals surface area contributed by atoms with E-state index in [1.807, 2.05) is 6.07 Å². The molecule has 2 amide bonds. The fraction of sp³-hybridized carbons (Fsp3) is 0.522. The van der Waals surface area contributed by atoms with Crippen molar-refractivity contribution in [1.82, 2.24) is 15.5 Å². The number of nitrogens with one attached hydrogen (secondary N) is 2. The molecule has 1 atom stereocenters. The second-order valence-corrected chi connectivity index (χ2v) is 9.08. The molecule has 1 unspecified atom stereocenters. The van der Waals surface area contributed by atoms with E-state index in [4.69, 9.17) is 4.74 Å². The fourth-order valence-corrected chi connectivity index (χ4v) is 5.43. The topological polar surface area (TPSA) is 53.6 Å². The van der Waals surface area contributed by atoms with Crippen molar-refractivity contribution in [3.63, 3.8) is 0 Å². The van der Waals surface area contributed by atoms with Crippen LogP contribution in [0.15, 0.2) is 47.8 Å². The van der Waals surface area contributed by atoms with E-state index in [9.17, 15) is 4.79 Å². The molecule has 156 valence electrons. The van der Waals surface area contributed by atoms with Crippen molar-refractivity contribution in [2.24, 2.45) is 0 Å². The van der Waals surface area contributed by atoms with E-state index in [0.717, 1.165) is 39.1 Å². The third-order valence-corrected chi connectivity index (χ3v) is 7.31. The van der Waals surface area contributed by atoms with Gasteiger partial charge in [-0.05, 0) is 55.8 Å². The van der Waals surface area contributed by atoms with Gasteiger partial charge in [-0.25, -0.2) is 4.79 Å². The molecule has 0 saturated carbocycles. The Hall–Kier alpha value is -1.89. The first kappa shape index (κ1) is 20.4. The molecule has 0 aliphatic carbocycles. The van der Waals surface area contributed by atoms with Gasteiger partial charge in [-0.3, -0.25) is 4.90 Å². The maximum Gasteiger partial charge on any atom is 0.314 e. The lowest BCUT2D eigenvalue weighted by molar-refractivity contribution is 0.0506. The van der Waals surface area contributed by atoms with Crippen LogP contribution < -0.4 is 10.6 Å². The van der Waals surface area contributed by atoms with E-state index in [0.29, 0.717) is 13.1 Å². The van der Waals surface area contributed by atoms with Gasteiger partial charge in [-0.1, -0.05) is 36.4 Å². The summed E-state index contributed by atoms with van der Waals surface area (Å²) in [4.78, 5) is 16.5. The smallest absolute Gasteiger partial charge is 0.314 e. The number of hydrogen-bond acceptors (Lipinski definition) is 4. The summed E-state index contributed by atoms with van der Waals surface area (Å²) in [5.74, 6) is 0. The summed E-state index contributed by atoms with van der Waals surface area (Å²) >= 11 is 1.77. The van der Waals surface area contributed by atoms with E-state index in [1.165, 1.54) is 23.3 Å². The van der Waals surface area contributed by atoms with E-state index in [-0.39, 0.29) is 17.5 Å². The number of amides is 2. The Labute approximate surface area is 177 Å². The molecular formula is C23H31N3O2S. The Morgan fingerprint density at radius 1 is 1.07 bits per heavy atom. The molecular weight excluding hydrogens is 382 g/mol. The molecule has 2 aliphatic heterocycles. The van der Waals surface area contributed by atoms with Crippen molar-refractivity contribution in [3.05, 3.63) is 58.3 Å². The highest BCUT2D eigenvalue weighted by Gasteiger charge is 2.35. The molecule has 29 heavy (non-hydrogen) atoms. The molecule has 0 radical (unpaired) electrons. The second-order valence-electron chi connectivity index (χ2n) is 8.10. The Morgan fingerprint density at radius 2 is 1.83 bits per heavy atom. The van der Waals surface area contributed by atoms with E-state index in [1.54, 1.807) is 11.3 Å². The normalized spacial score (nSPS) is 20.3. The van der Waals surface area contributed by atoms with Gasteiger partial charge in [0.1, 0.15) is 0 Å². The van der Waals surface area contributed by atoms with Gasteiger partial charge in [0, 0.05) is 36.6 Å². The largest absolute Gasteiger partial charge is 0.381 e. The monoisotopic (exact) mass is 413 g/mol. The number of nitrogens with zero attached hydrogens (tertiary/aromatic N) is 1. The van der Waals surface area contributed by atoms with Gasteiger partial charge < -0.3 is 15.4 Å². The second kappa shape index (κ2) is 9.74. The number of likely N-dealkylation sites (tertiary alicyclic amines) is 1. The summed E-state index contributed by atoms with van der Waals surface area (Å²) in [7, 11) is 0. The number of ether oxygens (including phenoxy) is 1. The molecule has 2 aliphatic rings. The summed E-state index contributed by atoms with van der Waals surface area (Å²) in [6.45, 7) is 5.00. The maximum absolute atomic E-state index is 12.7. The molecule has 0 bridgehead atoms. The molecule has 5 nitrogen and oxygen atoms in total. The zero-order valence-electron chi connectivity index (χ0n) is 16.9. The quantitative estimate of drug-likeness (QED) is 0.723. The predicted octanol–water partition coefficient (Wildman–Crippen LogP) is 3.93. The van der Waals surface area contributed by atoms with Gasteiger partial charge in [0.05, 0.1) is 6.04 Å². The van der Waals surface area contributed by atoms with Crippen LogP contribution in [0.4, 0.5) is 4.79 Å². The van der Waals surface area contributed by atoms with E-state index >= 15 is 0 Å². The molecule has 6 heteroatoms. The number of thiophene rings is 1. The van der Waals surface area contributed by atoms with Crippen LogP contribution in [-0.4, -0.2) is 50.3 Å². The van der Waals surface area contributed by atoms with Crippen molar-refractivity contribution in [1.29, 1.82) is 0 Å². The Bertz CT molecular complexity index is 754. The molecule has 2 aromatic rings. The predicted molar refractivity (Wildman–Crippen MR) is 117 cm³/mol. The lowest BCUT2D eigenvalue weighted by Crippen LogP contribution is -2.48. The van der Waals surface area contributed by atoms with Crippen molar-refractivity contribution in [3.8, 4) is 0 Å². The minimum absolute atomic E-state index is 0.0427. The average Bonchev–Trinajstić information content (AvgIpc) is 3.49. The third-order valence-electron chi connectivity index (χ3n) is 6.33. The van der Waals surface area contributed by atoms with Crippen LogP contribution in [0.3, 0.4) is 0 Å². The maximum atomic E-state index is 12.7. The number of carbonyl (C=O) groups excluding carboxylic acids is 1. The first-order valence-corrected chi connectivity index (χ1v) is 11.6. The molecule has 4 rings (SSSR count). The highest BCUT2D eigenvalue weighted by Crippen LogP contribution is 2.34. The summed E-state index contributed by atoms with van der Waals surface area (Å²) in [5, 5.41) is 8.42. The van der Waals surface area contributed by atoms with Gasteiger partial charge >= 0.3 is 6.03 Å². The number of rotatable bonds is 7. The zero-order chi connectivity index (χ0) is 19.9. The Kier molecular flexibility index (Phi) is 6.85. The zero-order valence-corrected chi connectivity index (χ0v) is 17.8. The minimum Gasteiger partial charge on any atom is -0.381 e. The molecule has 2 N–H and O–H groups in total. The van der Waals surface area contributed by atoms with Crippen LogP contribution in [0.25, 0.3) is 0 Å². The highest BCUT2D eigenvalue weighted by atomic mass is 32.1. The number of urea groups is 1. The number of carbonyl (C=O) groups is 1. The highest BCUT2D eigenvalue weighted by molar-refractivity contribution is 7.10. The third kappa shape index (κ3) is 5.00. The van der Waals surface area contributed by atoms with Gasteiger partial charge in [-0.15, -0.1) is 11.3 Å². The van der Waals surface area contributed by atoms with Gasteiger partial charge in [0.25, 0.3) is 0 Å². The minimum atomic E-state index is -0.0763. The van der Waals surface area contributed by atoms with Crippen LogP contribution >= 0.6 is 11.3 Å². The SMILES string of the molecule is O=C(NCC(c1cccs1)N1CCCC1)NCC1(c2ccccc2)CCOCC1. The summed E-state index contributed by atoms with van der Waals surface area (Å²) in [5.41, 5.74) is 1.25. The van der Waals surface area contributed by atoms with E-state index < -0.39 is 0 Å². The molecule has 2 fully saturated rings. The lowest BCUT2D eigenvalue weighted by atomic mass is 9.74. The van der Waals surface area contributed by atoms with Crippen LogP contribution in [0.2, 0.25) is 0 Å². The summed E-state index contributed by atoms with van der Waals surface area (Å²) < 4.78 is 5.60. The van der Waals surface area contributed by atoms with Crippen LogP contribution in [0.5, 0.6) is 0 Å². The van der Waals surface area contributed by atoms with Crippen molar-refractivity contribution >= 4 is 17.4 Å². The fourth-order valence-electron chi connectivity index (χ4n) is 4.57. The number of benzene rings is 1. The first-order chi connectivity index (χ1) is 14.3. The van der Waals surface area contributed by atoms with Gasteiger partial charge in [-0.2, -0.15) is 0 Å². The average molecular weight is 414 g/mol. The number of hydrogen-bond donors (Lipinski definition) is 2. The first-order valence-electron chi connectivity index (χ1n) is 10.7. The van der Waals surface area contributed by atoms with Crippen LogP contribution in [-0.2, 0) is 10.2 Å². The van der Waals surface area contributed by atoms with Crippen molar-refractivity contribution < 1.29 is 9.53 Å². The van der Waals surface area contributed by atoms with E-state index in [2.05, 4.69) is 57.3 Å². The summed E-state index contributed by atoms with van der Waals surface area (Å²) in [6.07, 6.45) is 4.36. The van der Waals surface area contributed by atoms with Crippen LogP contribution in [0, 0.1) is 0 Å². The molecule has 0 spiro atoms. The van der Waals surface area contributed by atoms with Gasteiger partial charge in [0.2, 0.25) is 0 Å². The van der Waals surface area contributed by atoms with Crippen molar-refractivity contribution in [2.45, 2.75) is 37.1 Å². The lowest BCUT2D eigenvalue weighted by Gasteiger charge is -2.38. The standard InChI is InChI=1S/C23H31N3O2S/c27-22(24-17-20(21-9-6-16-29-21)26-12-4-5-13-26)25-18-23(10-14-28-15-11-23)19-7-2-1-3-8-19/h1-3,6-9,16,20H,4-5,10-15,17-18H2,(H2,24,25,27). The molecule has 1 aromatic carbocycles. The molecule has 3 heterocycles. The Balaban J connectivity index is 1.36. The van der Waals surface area contributed by atoms with Gasteiger partial charge in [0.15, 0.2) is 0 Å².